The molecule has 1 aliphatic carbocycles. The molecule has 0 aliphatic heterocycles. The van der Waals surface area contributed by atoms with Gasteiger partial charge in [-0.1, -0.05) is 6.07 Å². The van der Waals surface area contributed by atoms with E-state index in [4.69, 9.17) is 4.74 Å². The average Bonchev–Trinajstić information content (AvgIpc) is 3.10. The van der Waals surface area contributed by atoms with E-state index in [0.717, 1.165) is 23.1 Å². The molecular weight excluding hydrogens is 268 g/mol. The number of aliphatic hydroxyl groups is 1. The summed E-state index contributed by atoms with van der Waals surface area (Å²) in [4.78, 5) is 0. The maximum atomic E-state index is 9.78. The largest absolute Gasteiger partial charge is 0.496 e. The highest BCUT2D eigenvalue weighted by Crippen LogP contribution is 2.34. The van der Waals surface area contributed by atoms with Crippen LogP contribution in [0.3, 0.4) is 0 Å². The molecule has 88 valence electrons. The fraction of sp³-hybridized carbons (Fsp3) is 0.538. The Morgan fingerprint density at radius 2 is 2.25 bits per heavy atom. The Labute approximate surface area is 105 Å². The molecule has 1 saturated carbocycles. The van der Waals surface area contributed by atoms with E-state index in [1.807, 2.05) is 6.07 Å². The molecule has 0 bridgehead atoms. The van der Waals surface area contributed by atoms with Crippen LogP contribution in [0, 0.1) is 5.92 Å². The van der Waals surface area contributed by atoms with Crippen LogP contribution >= 0.6 is 15.9 Å². The number of ether oxygens (including phenoxy) is 1. The number of halogens is 1. The number of benzene rings is 1. The van der Waals surface area contributed by atoms with Gasteiger partial charge in [0.2, 0.25) is 0 Å². The molecule has 1 aliphatic rings. The summed E-state index contributed by atoms with van der Waals surface area (Å²) in [7, 11) is 1.66. The zero-order valence-corrected chi connectivity index (χ0v) is 11.0. The van der Waals surface area contributed by atoms with E-state index in [1.54, 1.807) is 7.11 Å². The molecular formula is C13H17BrO2. The van der Waals surface area contributed by atoms with Crippen molar-refractivity contribution in [2.45, 2.75) is 31.8 Å². The minimum Gasteiger partial charge on any atom is -0.496 e. The Bertz CT molecular complexity index is 361. The summed E-state index contributed by atoms with van der Waals surface area (Å²) < 4.78 is 6.16. The fourth-order valence-electron chi connectivity index (χ4n) is 1.90. The van der Waals surface area contributed by atoms with Crippen molar-refractivity contribution in [1.82, 2.24) is 0 Å². The second-order valence-electron chi connectivity index (χ2n) is 4.41. The first-order valence-corrected chi connectivity index (χ1v) is 6.50. The molecule has 1 aromatic rings. The van der Waals surface area contributed by atoms with E-state index in [2.05, 4.69) is 28.1 Å². The van der Waals surface area contributed by atoms with Crippen molar-refractivity contribution < 1.29 is 9.84 Å². The van der Waals surface area contributed by atoms with Crippen LogP contribution in [0.15, 0.2) is 22.7 Å². The van der Waals surface area contributed by atoms with Crippen LogP contribution < -0.4 is 4.74 Å². The molecule has 0 aromatic heterocycles. The topological polar surface area (TPSA) is 29.5 Å². The first-order valence-electron chi connectivity index (χ1n) is 5.71. The molecule has 2 nitrogen and oxygen atoms in total. The van der Waals surface area contributed by atoms with Gasteiger partial charge in [-0.25, -0.2) is 0 Å². The molecule has 0 heterocycles. The van der Waals surface area contributed by atoms with Crippen LogP contribution in [0.4, 0.5) is 0 Å². The predicted molar refractivity (Wildman–Crippen MR) is 67.7 cm³/mol. The lowest BCUT2D eigenvalue weighted by Gasteiger charge is -2.10. The highest BCUT2D eigenvalue weighted by molar-refractivity contribution is 9.10. The molecule has 1 fully saturated rings. The molecule has 0 spiro atoms. The van der Waals surface area contributed by atoms with E-state index >= 15 is 0 Å². The second-order valence-corrected chi connectivity index (χ2v) is 5.27. The highest BCUT2D eigenvalue weighted by Gasteiger charge is 2.29. The van der Waals surface area contributed by atoms with E-state index < -0.39 is 0 Å². The van der Waals surface area contributed by atoms with Gasteiger partial charge in [-0.05, 0) is 65.2 Å². The number of rotatable bonds is 5. The number of aryl methyl sites for hydroxylation is 1. The fourth-order valence-corrected chi connectivity index (χ4v) is 2.48. The van der Waals surface area contributed by atoms with Crippen molar-refractivity contribution >= 4 is 15.9 Å². The second kappa shape index (κ2) is 5.19. The molecule has 0 amide bonds. The summed E-state index contributed by atoms with van der Waals surface area (Å²) in [5.74, 6) is 1.42. The Morgan fingerprint density at radius 3 is 2.81 bits per heavy atom. The van der Waals surface area contributed by atoms with Crippen LogP contribution in [0.1, 0.15) is 24.8 Å². The monoisotopic (exact) mass is 284 g/mol. The molecule has 2 rings (SSSR count). The van der Waals surface area contributed by atoms with Gasteiger partial charge in [-0.2, -0.15) is 0 Å². The zero-order valence-electron chi connectivity index (χ0n) is 9.45. The molecule has 1 atom stereocenters. The van der Waals surface area contributed by atoms with Gasteiger partial charge in [-0.3, -0.25) is 0 Å². The van der Waals surface area contributed by atoms with E-state index in [9.17, 15) is 5.11 Å². The molecule has 1 N–H and O–H groups in total. The minimum atomic E-state index is -0.110. The lowest BCUT2D eigenvalue weighted by atomic mass is 10.0. The Balaban J connectivity index is 1.91. The highest BCUT2D eigenvalue weighted by atomic mass is 79.9. The standard InChI is InChI=1S/C13H17BrO2/c1-16-13-7-3-9(8-11(13)14)2-6-12(15)10-4-5-10/h3,7-8,10,12,15H,2,4-6H2,1H3. The third-order valence-corrected chi connectivity index (χ3v) is 3.73. The number of aliphatic hydroxyl groups excluding tert-OH is 1. The van der Waals surface area contributed by atoms with E-state index in [-0.39, 0.29) is 6.10 Å². The van der Waals surface area contributed by atoms with Crippen molar-refractivity contribution in [1.29, 1.82) is 0 Å². The van der Waals surface area contributed by atoms with Crippen molar-refractivity contribution in [3.8, 4) is 5.75 Å². The van der Waals surface area contributed by atoms with E-state index in [0.29, 0.717) is 5.92 Å². The van der Waals surface area contributed by atoms with Crippen molar-refractivity contribution in [3.63, 3.8) is 0 Å². The van der Waals surface area contributed by atoms with Gasteiger partial charge in [0.25, 0.3) is 0 Å². The first-order chi connectivity index (χ1) is 7.70. The Hall–Kier alpha value is -0.540. The maximum absolute atomic E-state index is 9.78. The molecule has 1 aromatic carbocycles. The van der Waals surface area contributed by atoms with Gasteiger partial charge >= 0.3 is 0 Å². The Kier molecular flexibility index (Phi) is 3.87. The lowest BCUT2D eigenvalue weighted by Crippen LogP contribution is -2.10. The van der Waals surface area contributed by atoms with Crippen LogP contribution in [0.2, 0.25) is 0 Å². The molecule has 0 radical (unpaired) electrons. The number of hydrogen-bond acceptors (Lipinski definition) is 2. The van der Waals surface area contributed by atoms with Gasteiger partial charge in [0.1, 0.15) is 5.75 Å². The SMILES string of the molecule is COc1ccc(CCC(O)C2CC2)cc1Br. The van der Waals surface area contributed by atoms with Gasteiger partial charge < -0.3 is 9.84 Å². The normalized spacial score (nSPS) is 17.2. The average molecular weight is 285 g/mol. The smallest absolute Gasteiger partial charge is 0.133 e. The molecule has 0 saturated heterocycles. The van der Waals surface area contributed by atoms with Gasteiger partial charge in [0.15, 0.2) is 0 Å². The first kappa shape index (κ1) is 11.9. The summed E-state index contributed by atoms with van der Waals surface area (Å²) >= 11 is 3.47. The van der Waals surface area contributed by atoms with Gasteiger partial charge in [0.05, 0.1) is 17.7 Å². The summed E-state index contributed by atoms with van der Waals surface area (Å²) in [5.41, 5.74) is 1.24. The van der Waals surface area contributed by atoms with Crippen LogP contribution in [0.5, 0.6) is 5.75 Å². The minimum absolute atomic E-state index is 0.110. The summed E-state index contributed by atoms with van der Waals surface area (Å²) in [6.07, 6.45) is 4.09. The van der Waals surface area contributed by atoms with Crippen molar-refractivity contribution in [2.24, 2.45) is 5.92 Å². The van der Waals surface area contributed by atoms with Gasteiger partial charge in [-0.15, -0.1) is 0 Å². The summed E-state index contributed by atoms with van der Waals surface area (Å²) in [5, 5.41) is 9.78. The van der Waals surface area contributed by atoms with Crippen molar-refractivity contribution in [2.75, 3.05) is 7.11 Å². The molecule has 16 heavy (non-hydrogen) atoms. The zero-order chi connectivity index (χ0) is 11.5. The summed E-state index contributed by atoms with van der Waals surface area (Å²) in [6.45, 7) is 0. The lowest BCUT2D eigenvalue weighted by molar-refractivity contribution is 0.142. The predicted octanol–water partition coefficient (Wildman–Crippen LogP) is 3.16. The number of methoxy groups -OCH3 is 1. The molecule has 1 unspecified atom stereocenters. The third-order valence-electron chi connectivity index (χ3n) is 3.11. The molecule has 3 heteroatoms. The quantitative estimate of drug-likeness (QED) is 0.900. The third kappa shape index (κ3) is 2.98. The maximum Gasteiger partial charge on any atom is 0.133 e. The summed E-state index contributed by atoms with van der Waals surface area (Å²) in [6, 6.07) is 6.09. The van der Waals surface area contributed by atoms with Crippen molar-refractivity contribution in [3.05, 3.63) is 28.2 Å². The van der Waals surface area contributed by atoms with Gasteiger partial charge in [0, 0.05) is 0 Å². The van der Waals surface area contributed by atoms with Crippen LogP contribution in [0.25, 0.3) is 0 Å². The van der Waals surface area contributed by atoms with E-state index in [1.165, 1.54) is 18.4 Å². The van der Waals surface area contributed by atoms with Crippen LogP contribution in [-0.4, -0.2) is 18.3 Å². The van der Waals surface area contributed by atoms with Crippen LogP contribution in [-0.2, 0) is 6.42 Å². The Morgan fingerprint density at radius 1 is 1.50 bits per heavy atom. The number of hydrogen-bond donors (Lipinski definition) is 1.